The van der Waals surface area contributed by atoms with Crippen molar-refractivity contribution in [1.82, 2.24) is 15.5 Å². The molecule has 0 aliphatic heterocycles. The maximum Gasteiger partial charge on any atom is 0.357 e. The number of halogens is 1. The minimum absolute atomic E-state index is 0.0345. The first-order valence-corrected chi connectivity index (χ1v) is 6.58. The van der Waals surface area contributed by atoms with Crippen molar-refractivity contribution < 1.29 is 9.72 Å². The van der Waals surface area contributed by atoms with Gasteiger partial charge in [0.15, 0.2) is 5.69 Å². The number of nitro groups is 1. The first-order valence-electron chi connectivity index (χ1n) is 5.78. The lowest BCUT2D eigenvalue weighted by atomic mass is 9.95. The standard InChI is InChI=1S/C10H13BrN4O3/c11-7-8(13-14-9(7)15(17)18)10(16)12-6-4-2-1-3-5-6/h6H,1-5H2,(H,12,16)(H,13,14). The summed E-state index contributed by atoms with van der Waals surface area (Å²) in [5, 5.41) is 19.4. The Balaban J connectivity index is 2.06. The highest BCUT2D eigenvalue weighted by Gasteiger charge is 2.26. The van der Waals surface area contributed by atoms with Crippen molar-refractivity contribution in [2.75, 3.05) is 0 Å². The molecule has 1 aromatic rings. The molecule has 2 N–H and O–H groups in total. The van der Waals surface area contributed by atoms with Crippen LogP contribution in [0.2, 0.25) is 0 Å². The lowest BCUT2D eigenvalue weighted by molar-refractivity contribution is -0.390. The van der Waals surface area contributed by atoms with Crippen molar-refractivity contribution in [2.24, 2.45) is 0 Å². The molecular formula is C10H13BrN4O3. The molecule has 1 heterocycles. The first kappa shape index (κ1) is 13.0. The van der Waals surface area contributed by atoms with Crippen molar-refractivity contribution in [3.8, 4) is 0 Å². The summed E-state index contributed by atoms with van der Waals surface area (Å²) in [6, 6.07) is 0.147. The van der Waals surface area contributed by atoms with Crippen LogP contribution in [0.25, 0.3) is 0 Å². The highest BCUT2D eigenvalue weighted by Crippen LogP contribution is 2.26. The number of carbonyl (C=O) groups is 1. The van der Waals surface area contributed by atoms with E-state index in [-0.39, 0.29) is 27.9 Å². The Bertz CT molecular complexity index is 468. The molecule has 8 heteroatoms. The van der Waals surface area contributed by atoms with Crippen LogP contribution in [0.1, 0.15) is 42.6 Å². The van der Waals surface area contributed by atoms with E-state index in [1.165, 1.54) is 6.42 Å². The first-order chi connectivity index (χ1) is 8.59. The summed E-state index contributed by atoms with van der Waals surface area (Å²) in [5.41, 5.74) is 0.0345. The van der Waals surface area contributed by atoms with Gasteiger partial charge in [-0.05, 0) is 33.7 Å². The Hall–Kier alpha value is -1.44. The SMILES string of the molecule is O=C(NC1CCCCC1)c1n[nH]c([N+](=O)[O-])c1Br. The maximum absolute atomic E-state index is 11.9. The fourth-order valence-electron chi connectivity index (χ4n) is 2.09. The van der Waals surface area contributed by atoms with Crippen molar-refractivity contribution in [3.05, 3.63) is 20.3 Å². The predicted octanol–water partition coefficient (Wildman–Crippen LogP) is 2.14. The van der Waals surface area contributed by atoms with Gasteiger partial charge in [0, 0.05) is 6.04 Å². The van der Waals surface area contributed by atoms with Gasteiger partial charge in [0.1, 0.15) is 4.47 Å². The van der Waals surface area contributed by atoms with Gasteiger partial charge in [0.05, 0.1) is 0 Å². The van der Waals surface area contributed by atoms with Gasteiger partial charge in [-0.3, -0.25) is 4.79 Å². The normalized spacial score (nSPS) is 16.5. The number of rotatable bonds is 3. The van der Waals surface area contributed by atoms with E-state index in [4.69, 9.17) is 0 Å². The molecule has 98 valence electrons. The van der Waals surface area contributed by atoms with Gasteiger partial charge in [0.25, 0.3) is 5.91 Å². The van der Waals surface area contributed by atoms with Gasteiger partial charge in [0.2, 0.25) is 0 Å². The summed E-state index contributed by atoms with van der Waals surface area (Å²) in [6.07, 6.45) is 5.31. The zero-order valence-corrected chi connectivity index (χ0v) is 11.2. The molecule has 0 saturated heterocycles. The number of nitrogens with zero attached hydrogens (tertiary/aromatic N) is 2. The minimum Gasteiger partial charge on any atom is -0.358 e. The molecular weight excluding hydrogens is 304 g/mol. The lowest BCUT2D eigenvalue weighted by Crippen LogP contribution is -2.36. The molecule has 7 nitrogen and oxygen atoms in total. The fraction of sp³-hybridized carbons (Fsp3) is 0.600. The molecule has 1 saturated carbocycles. The van der Waals surface area contributed by atoms with E-state index in [1.807, 2.05) is 0 Å². The number of hydrogen-bond donors (Lipinski definition) is 2. The molecule has 1 amide bonds. The number of amides is 1. The second-order valence-electron chi connectivity index (χ2n) is 4.30. The summed E-state index contributed by atoms with van der Waals surface area (Å²) in [5.74, 6) is -0.679. The number of H-pyrrole nitrogens is 1. The zero-order valence-electron chi connectivity index (χ0n) is 9.61. The van der Waals surface area contributed by atoms with E-state index in [0.29, 0.717) is 0 Å². The van der Waals surface area contributed by atoms with Crippen LogP contribution in [-0.4, -0.2) is 27.1 Å². The third-order valence-corrected chi connectivity index (χ3v) is 3.78. The smallest absolute Gasteiger partial charge is 0.357 e. The number of aromatic nitrogens is 2. The number of nitrogens with one attached hydrogen (secondary N) is 2. The molecule has 1 aromatic heterocycles. The molecule has 0 unspecified atom stereocenters. The minimum atomic E-state index is -0.617. The van der Waals surface area contributed by atoms with E-state index in [0.717, 1.165) is 25.7 Å². The average molecular weight is 317 g/mol. The fourth-order valence-corrected chi connectivity index (χ4v) is 2.59. The maximum atomic E-state index is 11.9. The number of carbonyl (C=O) groups excluding carboxylic acids is 1. The molecule has 0 radical (unpaired) electrons. The van der Waals surface area contributed by atoms with Gasteiger partial charge in [-0.15, -0.1) is 5.10 Å². The van der Waals surface area contributed by atoms with Crippen molar-refractivity contribution >= 4 is 27.7 Å². The van der Waals surface area contributed by atoms with Crippen molar-refractivity contribution in [2.45, 2.75) is 38.1 Å². The van der Waals surface area contributed by atoms with Crippen molar-refractivity contribution in [1.29, 1.82) is 0 Å². The number of aromatic amines is 1. The molecule has 2 rings (SSSR count). The molecule has 0 aromatic carbocycles. The topological polar surface area (TPSA) is 101 Å². The second kappa shape index (κ2) is 5.47. The molecule has 1 aliphatic rings. The van der Waals surface area contributed by atoms with Gasteiger partial charge in [-0.1, -0.05) is 24.4 Å². The summed E-state index contributed by atoms with van der Waals surface area (Å²) in [7, 11) is 0. The monoisotopic (exact) mass is 316 g/mol. The molecule has 1 aliphatic carbocycles. The van der Waals surface area contributed by atoms with Gasteiger partial charge >= 0.3 is 5.82 Å². The third-order valence-electron chi connectivity index (χ3n) is 3.03. The highest BCUT2D eigenvalue weighted by molar-refractivity contribution is 9.10. The molecule has 0 bridgehead atoms. The van der Waals surface area contributed by atoms with E-state index >= 15 is 0 Å². The van der Waals surface area contributed by atoms with E-state index in [2.05, 4.69) is 31.4 Å². The summed E-state index contributed by atoms with van der Waals surface area (Å²) < 4.78 is 0.0980. The summed E-state index contributed by atoms with van der Waals surface area (Å²) in [6.45, 7) is 0. The van der Waals surface area contributed by atoms with Gasteiger partial charge in [-0.25, -0.2) is 0 Å². The largest absolute Gasteiger partial charge is 0.358 e. The summed E-state index contributed by atoms with van der Waals surface area (Å²) >= 11 is 3.02. The summed E-state index contributed by atoms with van der Waals surface area (Å²) in [4.78, 5) is 21.9. The molecule has 0 spiro atoms. The van der Waals surface area contributed by atoms with E-state index in [9.17, 15) is 14.9 Å². The number of hydrogen-bond acceptors (Lipinski definition) is 4. The Morgan fingerprint density at radius 2 is 2.11 bits per heavy atom. The highest BCUT2D eigenvalue weighted by atomic mass is 79.9. The van der Waals surface area contributed by atoms with Crippen LogP contribution in [0.3, 0.4) is 0 Å². The molecule has 0 atom stereocenters. The third kappa shape index (κ3) is 2.69. The van der Waals surface area contributed by atoms with Crippen LogP contribution in [0.4, 0.5) is 5.82 Å². The van der Waals surface area contributed by atoms with Gasteiger partial charge in [-0.2, -0.15) is 0 Å². The van der Waals surface area contributed by atoms with Crippen molar-refractivity contribution in [3.63, 3.8) is 0 Å². The second-order valence-corrected chi connectivity index (χ2v) is 5.09. The van der Waals surface area contributed by atoms with Crippen LogP contribution >= 0.6 is 15.9 Å². The average Bonchev–Trinajstić information content (AvgIpc) is 2.72. The van der Waals surface area contributed by atoms with Crippen LogP contribution in [0.5, 0.6) is 0 Å². The molecule has 1 fully saturated rings. The van der Waals surface area contributed by atoms with Crippen LogP contribution in [-0.2, 0) is 0 Å². The quantitative estimate of drug-likeness (QED) is 0.659. The Morgan fingerprint density at radius 3 is 2.67 bits per heavy atom. The van der Waals surface area contributed by atoms with E-state index in [1.54, 1.807) is 0 Å². The molecule has 18 heavy (non-hydrogen) atoms. The lowest BCUT2D eigenvalue weighted by Gasteiger charge is -2.22. The Morgan fingerprint density at radius 1 is 1.44 bits per heavy atom. The Kier molecular flexibility index (Phi) is 3.95. The van der Waals surface area contributed by atoms with Crippen LogP contribution in [0, 0.1) is 10.1 Å². The Labute approximate surface area is 112 Å². The van der Waals surface area contributed by atoms with Crippen LogP contribution in [0.15, 0.2) is 4.47 Å². The van der Waals surface area contributed by atoms with E-state index < -0.39 is 4.92 Å². The predicted molar refractivity (Wildman–Crippen MR) is 67.3 cm³/mol. The zero-order chi connectivity index (χ0) is 13.1. The van der Waals surface area contributed by atoms with Crippen LogP contribution < -0.4 is 5.32 Å². The van der Waals surface area contributed by atoms with Gasteiger partial charge < -0.3 is 15.4 Å².